The molecule has 160 valence electrons. The van der Waals surface area contributed by atoms with Gasteiger partial charge in [-0.15, -0.1) is 0 Å². The Labute approximate surface area is 177 Å². The number of carbonyl (C=O) groups is 1. The SMILES string of the molecule is CCOc1ccccc1C1CC(c2ccccc2NS(C)(=O)=O)=NN1C(=O)C(C)C. The fourth-order valence-corrected chi connectivity index (χ4v) is 4.03. The highest BCUT2D eigenvalue weighted by molar-refractivity contribution is 7.92. The number of anilines is 1. The van der Waals surface area contributed by atoms with Crippen LogP contribution in [-0.4, -0.2) is 37.9 Å². The summed E-state index contributed by atoms with van der Waals surface area (Å²) < 4.78 is 31.9. The number of para-hydroxylation sites is 2. The van der Waals surface area contributed by atoms with E-state index in [1.165, 1.54) is 5.01 Å². The van der Waals surface area contributed by atoms with Gasteiger partial charge in [-0.2, -0.15) is 5.10 Å². The zero-order valence-corrected chi connectivity index (χ0v) is 18.4. The minimum absolute atomic E-state index is 0.102. The first-order valence-electron chi connectivity index (χ1n) is 9.90. The lowest BCUT2D eigenvalue weighted by Crippen LogP contribution is -2.30. The number of sulfonamides is 1. The number of ether oxygens (including phenoxy) is 1. The van der Waals surface area contributed by atoms with Crippen LogP contribution in [0.4, 0.5) is 5.69 Å². The normalized spacial score (nSPS) is 16.5. The lowest BCUT2D eigenvalue weighted by molar-refractivity contribution is -0.136. The van der Waals surface area contributed by atoms with Crippen LogP contribution in [0.5, 0.6) is 5.75 Å². The quantitative estimate of drug-likeness (QED) is 0.725. The molecule has 8 heteroatoms. The van der Waals surface area contributed by atoms with Crippen molar-refractivity contribution in [3.63, 3.8) is 0 Å². The van der Waals surface area contributed by atoms with Crippen molar-refractivity contribution < 1.29 is 17.9 Å². The minimum atomic E-state index is -3.46. The number of hydrogen-bond donors (Lipinski definition) is 1. The molecule has 7 nitrogen and oxygen atoms in total. The largest absolute Gasteiger partial charge is 0.494 e. The standard InChI is InChI=1S/C22H27N3O4S/c1-5-29-21-13-9-7-11-17(21)20-14-19(23-25(20)22(26)15(2)3)16-10-6-8-12-18(16)24-30(4,27)28/h6-13,15,20,24H,5,14H2,1-4H3. The van der Waals surface area contributed by atoms with E-state index in [0.29, 0.717) is 35.7 Å². The van der Waals surface area contributed by atoms with Gasteiger partial charge in [0.15, 0.2) is 0 Å². The zero-order valence-electron chi connectivity index (χ0n) is 17.6. The molecule has 1 aliphatic heterocycles. The van der Waals surface area contributed by atoms with Crippen molar-refractivity contribution in [2.45, 2.75) is 33.2 Å². The molecule has 0 aromatic heterocycles. The van der Waals surface area contributed by atoms with Gasteiger partial charge in [-0.3, -0.25) is 9.52 Å². The Kier molecular flexibility index (Phi) is 6.45. The van der Waals surface area contributed by atoms with Gasteiger partial charge in [0, 0.05) is 23.5 Å². The highest BCUT2D eigenvalue weighted by atomic mass is 32.2. The molecule has 0 bridgehead atoms. The smallest absolute Gasteiger partial charge is 0.245 e. The molecule has 0 spiro atoms. The first-order valence-corrected chi connectivity index (χ1v) is 11.8. The van der Waals surface area contributed by atoms with Gasteiger partial charge in [-0.25, -0.2) is 13.4 Å². The summed E-state index contributed by atoms with van der Waals surface area (Å²) in [6, 6.07) is 14.4. The predicted octanol–water partition coefficient (Wildman–Crippen LogP) is 3.79. The molecule has 1 heterocycles. The Morgan fingerprint density at radius 2 is 1.87 bits per heavy atom. The van der Waals surface area contributed by atoms with Gasteiger partial charge in [0.1, 0.15) is 5.75 Å². The van der Waals surface area contributed by atoms with Crippen molar-refractivity contribution in [1.29, 1.82) is 0 Å². The number of benzene rings is 2. The molecule has 0 saturated heterocycles. The number of nitrogens with one attached hydrogen (secondary N) is 1. The van der Waals surface area contributed by atoms with Crippen molar-refractivity contribution in [1.82, 2.24) is 5.01 Å². The molecule has 30 heavy (non-hydrogen) atoms. The second kappa shape index (κ2) is 8.87. The minimum Gasteiger partial charge on any atom is -0.494 e. The van der Waals surface area contributed by atoms with E-state index in [2.05, 4.69) is 9.82 Å². The molecule has 1 N–H and O–H groups in total. The third kappa shape index (κ3) is 4.81. The molecule has 0 aliphatic carbocycles. The van der Waals surface area contributed by atoms with Gasteiger partial charge < -0.3 is 4.74 Å². The second-order valence-corrected chi connectivity index (χ2v) is 9.24. The fourth-order valence-electron chi connectivity index (χ4n) is 3.45. The molecule has 1 atom stereocenters. The monoisotopic (exact) mass is 429 g/mol. The summed E-state index contributed by atoms with van der Waals surface area (Å²) in [5.41, 5.74) is 2.61. The van der Waals surface area contributed by atoms with Crippen LogP contribution in [0.15, 0.2) is 53.6 Å². The Morgan fingerprint density at radius 1 is 1.20 bits per heavy atom. The maximum Gasteiger partial charge on any atom is 0.245 e. The molecule has 1 aliphatic rings. The molecular weight excluding hydrogens is 402 g/mol. The molecular formula is C22H27N3O4S. The molecule has 0 radical (unpaired) electrons. The van der Waals surface area contributed by atoms with Crippen molar-refractivity contribution in [2.75, 3.05) is 17.6 Å². The summed E-state index contributed by atoms with van der Waals surface area (Å²) in [6.45, 7) is 6.09. The zero-order chi connectivity index (χ0) is 21.9. The fraction of sp³-hybridized carbons (Fsp3) is 0.364. The Bertz CT molecular complexity index is 1060. The highest BCUT2D eigenvalue weighted by Gasteiger charge is 2.36. The van der Waals surface area contributed by atoms with Crippen molar-refractivity contribution in [3.8, 4) is 5.75 Å². The molecule has 2 aromatic carbocycles. The van der Waals surface area contributed by atoms with Crippen LogP contribution in [0, 0.1) is 5.92 Å². The second-order valence-electron chi connectivity index (χ2n) is 7.49. The molecule has 2 aromatic rings. The van der Waals surface area contributed by atoms with E-state index in [-0.39, 0.29) is 17.9 Å². The van der Waals surface area contributed by atoms with Crippen LogP contribution >= 0.6 is 0 Å². The van der Waals surface area contributed by atoms with E-state index in [9.17, 15) is 13.2 Å². The van der Waals surface area contributed by atoms with Crippen molar-refractivity contribution >= 4 is 27.3 Å². The average molecular weight is 430 g/mol. The average Bonchev–Trinajstić information content (AvgIpc) is 3.12. The summed E-state index contributed by atoms with van der Waals surface area (Å²) in [5, 5.41) is 6.15. The number of hydrogen-bond acceptors (Lipinski definition) is 5. The van der Waals surface area contributed by atoms with E-state index in [1.807, 2.05) is 51.1 Å². The maximum absolute atomic E-state index is 13.0. The highest BCUT2D eigenvalue weighted by Crippen LogP contribution is 2.39. The van der Waals surface area contributed by atoms with Crippen LogP contribution in [0.2, 0.25) is 0 Å². The van der Waals surface area contributed by atoms with Gasteiger partial charge in [0.25, 0.3) is 0 Å². The molecule has 3 rings (SSSR count). The maximum atomic E-state index is 13.0. The number of amides is 1. The summed E-state index contributed by atoms with van der Waals surface area (Å²) in [4.78, 5) is 13.0. The van der Waals surface area contributed by atoms with Crippen molar-refractivity contribution in [3.05, 3.63) is 59.7 Å². The summed E-state index contributed by atoms with van der Waals surface area (Å²) in [6.07, 6.45) is 1.56. The van der Waals surface area contributed by atoms with Gasteiger partial charge in [0.05, 0.1) is 30.3 Å². The topological polar surface area (TPSA) is 88.1 Å². The third-order valence-corrected chi connectivity index (χ3v) is 5.33. The first kappa shape index (κ1) is 21.8. The first-order chi connectivity index (χ1) is 14.2. The number of nitrogens with zero attached hydrogens (tertiary/aromatic N) is 2. The van der Waals surface area contributed by atoms with Crippen LogP contribution in [0.1, 0.15) is 44.4 Å². The molecule has 1 unspecified atom stereocenters. The summed E-state index contributed by atoms with van der Waals surface area (Å²) in [7, 11) is -3.46. The van der Waals surface area contributed by atoms with E-state index in [1.54, 1.807) is 18.2 Å². The van der Waals surface area contributed by atoms with Gasteiger partial charge in [-0.05, 0) is 19.1 Å². The lowest BCUT2D eigenvalue weighted by Gasteiger charge is -2.25. The molecule has 0 saturated carbocycles. The number of carbonyl (C=O) groups excluding carboxylic acids is 1. The van der Waals surface area contributed by atoms with Crippen LogP contribution in [0.3, 0.4) is 0 Å². The van der Waals surface area contributed by atoms with Crippen LogP contribution in [-0.2, 0) is 14.8 Å². The lowest BCUT2D eigenvalue weighted by atomic mass is 9.96. The summed E-state index contributed by atoms with van der Waals surface area (Å²) in [5.74, 6) is 0.375. The van der Waals surface area contributed by atoms with E-state index >= 15 is 0 Å². The van der Waals surface area contributed by atoms with Crippen LogP contribution in [0.25, 0.3) is 0 Å². The Hall–Kier alpha value is -2.87. The Morgan fingerprint density at radius 3 is 2.53 bits per heavy atom. The molecule has 1 amide bonds. The third-order valence-electron chi connectivity index (χ3n) is 4.74. The molecule has 0 fully saturated rings. The van der Waals surface area contributed by atoms with E-state index in [4.69, 9.17) is 4.74 Å². The van der Waals surface area contributed by atoms with Gasteiger partial charge >= 0.3 is 0 Å². The summed E-state index contributed by atoms with van der Waals surface area (Å²) >= 11 is 0. The Balaban J connectivity index is 2.06. The number of hydrazone groups is 1. The van der Waals surface area contributed by atoms with E-state index < -0.39 is 10.0 Å². The van der Waals surface area contributed by atoms with Crippen molar-refractivity contribution in [2.24, 2.45) is 11.0 Å². The van der Waals surface area contributed by atoms with Gasteiger partial charge in [-0.1, -0.05) is 50.2 Å². The number of rotatable bonds is 7. The predicted molar refractivity (Wildman–Crippen MR) is 118 cm³/mol. The van der Waals surface area contributed by atoms with Gasteiger partial charge in [0.2, 0.25) is 15.9 Å². The van der Waals surface area contributed by atoms with Crippen LogP contribution < -0.4 is 9.46 Å². The van der Waals surface area contributed by atoms with E-state index in [0.717, 1.165) is 11.8 Å².